The number of phosphoric ester groups is 1. The van der Waals surface area contributed by atoms with Gasteiger partial charge in [-0.3, -0.25) is 13.8 Å². The summed E-state index contributed by atoms with van der Waals surface area (Å²) in [6, 6.07) is 31.7. The van der Waals surface area contributed by atoms with Crippen molar-refractivity contribution >= 4 is 42.5 Å². The van der Waals surface area contributed by atoms with Crippen LogP contribution in [0, 0.1) is 0 Å². The second kappa shape index (κ2) is 28.5. The lowest BCUT2D eigenvalue weighted by Gasteiger charge is -2.24. The van der Waals surface area contributed by atoms with E-state index in [0.29, 0.717) is 35.5 Å². The number of azo groups is 2. The summed E-state index contributed by atoms with van der Waals surface area (Å²) in [4.78, 5) is 35.7. The Balaban J connectivity index is 1.15. The van der Waals surface area contributed by atoms with Crippen LogP contribution in [-0.2, 0) is 39.1 Å². The van der Waals surface area contributed by atoms with Gasteiger partial charge < -0.3 is 28.3 Å². The largest absolute Gasteiger partial charge is 0.494 e. The lowest BCUT2D eigenvalue weighted by atomic mass is 10.1. The van der Waals surface area contributed by atoms with Crippen molar-refractivity contribution in [2.24, 2.45) is 20.5 Å². The standard InChI is InChI=1S/C48H64N5O10P/c1-5-6-7-12-17-39-21-23-41(24-22-39)50-52-43-27-31-45(32-28-43)59-38-48(55)63-46(37-62-64(56,57)61-35-33-53(2,3)4)36-60-47(54)20-15-9-8-10-16-34-58-44-29-25-42(26-30-44)51-49-40-18-13-11-14-19-40/h11,13-14,18-19,21-32,46H,5-10,12,15-17,20,33-38H2,1-4H3/p+1/t46-/m1/s1. The van der Waals surface area contributed by atoms with Gasteiger partial charge in [0.2, 0.25) is 0 Å². The summed E-state index contributed by atoms with van der Waals surface area (Å²) in [6.45, 7) is 1.76. The van der Waals surface area contributed by atoms with E-state index in [4.69, 9.17) is 28.0 Å². The molecule has 0 aromatic heterocycles. The molecule has 0 amide bonds. The first-order valence-electron chi connectivity index (χ1n) is 22.1. The molecule has 64 heavy (non-hydrogen) atoms. The minimum atomic E-state index is -4.50. The van der Waals surface area contributed by atoms with Crippen LogP contribution in [-0.4, -0.2) is 88.1 Å². The van der Waals surface area contributed by atoms with E-state index >= 15 is 0 Å². The molecule has 4 aromatic carbocycles. The van der Waals surface area contributed by atoms with Crippen molar-refractivity contribution in [2.75, 3.05) is 60.7 Å². The summed E-state index contributed by atoms with van der Waals surface area (Å²) in [5.74, 6) is -0.153. The van der Waals surface area contributed by atoms with Crippen LogP contribution >= 0.6 is 7.82 Å². The zero-order valence-electron chi connectivity index (χ0n) is 37.7. The Hall–Kier alpha value is -5.31. The van der Waals surface area contributed by atoms with Crippen LogP contribution in [0.2, 0.25) is 0 Å². The molecule has 0 heterocycles. The molecule has 0 saturated heterocycles. The van der Waals surface area contributed by atoms with Crippen LogP contribution in [0.5, 0.6) is 11.5 Å². The summed E-state index contributed by atoms with van der Waals surface area (Å²) in [6.07, 6.45) is 8.99. The van der Waals surface area contributed by atoms with Crippen molar-refractivity contribution in [3.05, 3.63) is 109 Å². The van der Waals surface area contributed by atoms with Gasteiger partial charge in [-0.05, 0) is 104 Å². The second-order valence-corrected chi connectivity index (χ2v) is 17.7. The van der Waals surface area contributed by atoms with E-state index in [9.17, 15) is 19.0 Å². The van der Waals surface area contributed by atoms with E-state index in [1.807, 2.05) is 87.9 Å². The fourth-order valence-electron chi connectivity index (χ4n) is 5.90. The number of quaternary nitrogens is 1. The summed E-state index contributed by atoms with van der Waals surface area (Å²) in [5, 5.41) is 17.1. The maximum Gasteiger partial charge on any atom is 0.472 e. The smallest absolute Gasteiger partial charge is 0.472 e. The molecule has 0 aliphatic rings. The number of likely N-dealkylation sites (N-methyl/N-ethyl adjacent to an activating group) is 1. The average Bonchev–Trinajstić information content (AvgIpc) is 3.28. The topological polar surface area (TPSA) is 176 Å². The molecule has 0 saturated carbocycles. The molecule has 0 radical (unpaired) electrons. The average molecular weight is 903 g/mol. The third-order valence-corrected chi connectivity index (χ3v) is 10.6. The van der Waals surface area contributed by atoms with Gasteiger partial charge in [0.05, 0.1) is 57.1 Å². The number of carbonyl (C=O) groups excluding carboxylic acids is 2. The zero-order valence-corrected chi connectivity index (χ0v) is 38.6. The Kier molecular flexibility index (Phi) is 22.8. The monoisotopic (exact) mass is 902 g/mol. The summed E-state index contributed by atoms with van der Waals surface area (Å²) >= 11 is 0. The Bertz CT molecular complexity index is 2040. The molecule has 16 heteroatoms. The number of hydrogen-bond donors (Lipinski definition) is 1. The predicted molar refractivity (Wildman–Crippen MR) is 246 cm³/mol. The Morgan fingerprint density at radius 3 is 1.77 bits per heavy atom. The molecule has 2 atom stereocenters. The Morgan fingerprint density at radius 1 is 0.609 bits per heavy atom. The Morgan fingerprint density at radius 2 is 1.16 bits per heavy atom. The van der Waals surface area contributed by atoms with Crippen LogP contribution in [0.1, 0.15) is 76.7 Å². The third kappa shape index (κ3) is 22.9. The van der Waals surface area contributed by atoms with E-state index in [-0.39, 0.29) is 19.6 Å². The zero-order chi connectivity index (χ0) is 45.9. The molecule has 0 spiro atoms. The van der Waals surface area contributed by atoms with Crippen LogP contribution < -0.4 is 9.47 Å². The first kappa shape index (κ1) is 51.3. The fraction of sp³-hybridized carbons (Fsp3) is 0.458. The molecule has 1 N–H and O–H groups in total. The maximum absolute atomic E-state index is 12.8. The molecule has 0 aliphatic carbocycles. The normalized spacial score (nSPS) is 13.1. The SMILES string of the molecule is CCCCCCc1ccc(N=Nc2ccc(OCC(=O)O[C@H](COC(=O)CCCCCCCOc3ccc(N=Nc4ccccc4)cc3)COP(=O)(O)OCC[N+](C)(C)C)cc2)cc1. The number of rotatable bonds is 31. The van der Waals surface area contributed by atoms with Gasteiger partial charge in [-0.1, -0.05) is 75.8 Å². The van der Waals surface area contributed by atoms with E-state index in [1.54, 1.807) is 24.3 Å². The van der Waals surface area contributed by atoms with E-state index in [0.717, 1.165) is 54.9 Å². The highest BCUT2D eigenvalue weighted by atomic mass is 31.2. The second-order valence-electron chi connectivity index (χ2n) is 16.3. The summed E-state index contributed by atoms with van der Waals surface area (Å²) < 4.78 is 45.6. The minimum absolute atomic E-state index is 0.0399. The van der Waals surface area contributed by atoms with Crippen LogP contribution in [0.3, 0.4) is 0 Å². The summed E-state index contributed by atoms with van der Waals surface area (Å²) in [5.41, 5.74) is 4.15. The predicted octanol–water partition coefficient (Wildman–Crippen LogP) is 11.7. The lowest BCUT2D eigenvalue weighted by molar-refractivity contribution is -0.870. The fourth-order valence-corrected chi connectivity index (χ4v) is 6.64. The molecule has 0 fully saturated rings. The van der Waals surface area contributed by atoms with Crippen molar-refractivity contribution in [1.29, 1.82) is 0 Å². The number of nitrogens with zero attached hydrogens (tertiary/aromatic N) is 5. The molecule has 1 unspecified atom stereocenters. The quantitative estimate of drug-likeness (QED) is 0.0168. The molecule has 346 valence electrons. The van der Waals surface area contributed by atoms with Gasteiger partial charge in [0.1, 0.15) is 31.3 Å². The molecule has 4 rings (SSSR count). The number of benzene rings is 4. The molecule has 4 aromatic rings. The van der Waals surface area contributed by atoms with Gasteiger partial charge in [-0.15, -0.1) is 0 Å². The first-order valence-corrected chi connectivity index (χ1v) is 23.6. The first-order chi connectivity index (χ1) is 30.9. The minimum Gasteiger partial charge on any atom is -0.494 e. The Labute approximate surface area is 378 Å². The highest BCUT2D eigenvalue weighted by molar-refractivity contribution is 7.47. The molecule has 15 nitrogen and oxygen atoms in total. The van der Waals surface area contributed by atoms with Crippen molar-refractivity contribution in [1.82, 2.24) is 0 Å². The van der Waals surface area contributed by atoms with E-state index in [1.165, 1.54) is 31.2 Å². The van der Waals surface area contributed by atoms with Crippen LogP contribution in [0.25, 0.3) is 0 Å². The molecular formula is C48H65N5O10P+. The number of esters is 2. The highest BCUT2D eigenvalue weighted by Gasteiger charge is 2.27. The lowest BCUT2D eigenvalue weighted by Crippen LogP contribution is -2.37. The van der Waals surface area contributed by atoms with Gasteiger partial charge in [0.25, 0.3) is 0 Å². The number of aryl methyl sites for hydroxylation is 1. The van der Waals surface area contributed by atoms with E-state index < -0.39 is 39.1 Å². The number of phosphoric acid groups is 1. The number of carbonyl (C=O) groups is 2. The molecular weight excluding hydrogens is 838 g/mol. The number of ether oxygens (including phenoxy) is 4. The van der Waals surface area contributed by atoms with Gasteiger partial charge in [0, 0.05) is 6.42 Å². The van der Waals surface area contributed by atoms with Gasteiger partial charge in [-0.25, -0.2) is 9.36 Å². The summed E-state index contributed by atoms with van der Waals surface area (Å²) in [7, 11) is 1.24. The van der Waals surface area contributed by atoms with E-state index in [2.05, 4.69) is 39.5 Å². The van der Waals surface area contributed by atoms with Crippen LogP contribution in [0.4, 0.5) is 22.7 Å². The molecule has 0 bridgehead atoms. The van der Waals surface area contributed by atoms with Gasteiger partial charge >= 0.3 is 19.8 Å². The van der Waals surface area contributed by atoms with Gasteiger partial charge in [-0.2, -0.15) is 20.5 Å². The number of unbranched alkanes of at least 4 members (excludes halogenated alkanes) is 7. The van der Waals surface area contributed by atoms with Crippen molar-refractivity contribution in [2.45, 2.75) is 83.7 Å². The highest BCUT2D eigenvalue weighted by Crippen LogP contribution is 2.43. The molecule has 0 aliphatic heterocycles. The third-order valence-electron chi connectivity index (χ3n) is 9.57. The number of hydrogen-bond acceptors (Lipinski definition) is 13. The van der Waals surface area contributed by atoms with Crippen molar-refractivity contribution in [3.8, 4) is 11.5 Å². The van der Waals surface area contributed by atoms with Crippen molar-refractivity contribution in [3.63, 3.8) is 0 Å². The van der Waals surface area contributed by atoms with Crippen LogP contribution in [0.15, 0.2) is 124 Å². The maximum atomic E-state index is 12.8. The van der Waals surface area contributed by atoms with Crippen molar-refractivity contribution < 1.29 is 51.5 Å². The van der Waals surface area contributed by atoms with Gasteiger partial charge in [0.15, 0.2) is 12.7 Å².